The summed E-state index contributed by atoms with van der Waals surface area (Å²) < 4.78 is 35.4. The Morgan fingerprint density at radius 1 is 1.10 bits per heavy atom. The van der Waals surface area contributed by atoms with Crippen molar-refractivity contribution in [2.24, 2.45) is 5.41 Å². The van der Waals surface area contributed by atoms with Crippen LogP contribution >= 0.6 is 12.2 Å². The van der Waals surface area contributed by atoms with Crippen LogP contribution in [0.15, 0.2) is 0 Å². The third-order valence-electron chi connectivity index (χ3n) is 0.939. The van der Waals surface area contributed by atoms with Gasteiger partial charge in [0, 0.05) is 5.41 Å². The first-order valence-electron chi connectivity index (χ1n) is 2.77. The SMILES string of the molecule is CC(C)(C)C(=S)C(F)(F)F. The van der Waals surface area contributed by atoms with E-state index in [0.717, 1.165) is 0 Å². The summed E-state index contributed by atoms with van der Waals surface area (Å²) in [6.07, 6.45) is -4.33. The minimum atomic E-state index is -4.33. The lowest BCUT2D eigenvalue weighted by Gasteiger charge is -2.21. The largest absolute Gasteiger partial charge is 0.423 e. The molecule has 0 spiro atoms. The monoisotopic (exact) mass is 170 g/mol. The molecule has 10 heavy (non-hydrogen) atoms. The van der Waals surface area contributed by atoms with E-state index in [9.17, 15) is 13.2 Å². The van der Waals surface area contributed by atoms with E-state index in [1.807, 2.05) is 0 Å². The molecule has 0 aromatic heterocycles. The summed E-state index contributed by atoms with van der Waals surface area (Å²) in [5.74, 6) is 0. The van der Waals surface area contributed by atoms with Crippen LogP contribution in [0, 0.1) is 5.41 Å². The number of hydrogen-bond acceptors (Lipinski definition) is 1. The highest BCUT2D eigenvalue weighted by molar-refractivity contribution is 7.80. The molecule has 0 aliphatic carbocycles. The molecule has 0 aromatic rings. The van der Waals surface area contributed by atoms with Crippen molar-refractivity contribution >= 4 is 17.1 Å². The second-order valence-corrected chi connectivity index (χ2v) is 3.49. The zero-order chi connectivity index (χ0) is 8.58. The molecule has 0 radical (unpaired) electrons. The molecule has 0 atom stereocenters. The van der Waals surface area contributed by atoms with Crippen LogP contribution in [-0.4, -0.2) is 11.0 Å². The summed E-state index contributed by atoms with van der Waals surface area (Å²) >= 11 is 4.20. The number of alkyl halides is 3. The normalized spacial score (nSPS) is 13.4. The molecule has 0 rings (SSSR count). The topological polar surface area (TPSA) is 0 Å². The third kappa shape index (κ3) is 2.64. The zero-order valence-corrected chi connectivity index (χ0v) is 6.86. The molecule has 0 saturated carbocycles. The fourth-order valence-electron chi connectivity index (χ4n) is 0.425. The van der Waals surface area contributed by atoms with E-state index in [4.69, 9.17) is 0 Å². The van der Waals surface area contributed by atoms with Crippen molar-refractivity contribution in [2.75, 3.05) is 0 Å². The molecular formula is C6H9F3S. The fraction of sp³-hybridized carbons (Fsp3) is 0.833. The van der Waals surface area contributed by atoms with Gasteiger partial charge in [-0.15, -0.1) is 0 Å². The highest BCUT2D eigenvalue weighted by Gasteiger charge is 2.40. The van der Waals surface area contributed by atoms with Crippen molar-refractivity contribution in [3.8, 4) is 0 Å². The van der Waals surface area contributed by atoms with Gasteiger partial charge in [0.15, 0.2) is 0 Å². The Morgan fingerprint density at radius 2 is 1.40 bits per heavy atom. The number of rotatable bonds is 0. The maximum absolute atomic E-state index is 11.8. The maximum Gasteiger partial charge on any atom is 0.423 e. The first-order valence-corrected chi connectivity index (χ1v) is 3.18. The average molecular weight is 170 g/mol. The summed E-state index contributed by atoms with van der Waals surface area (Å²) in [6, 6.07) is 0. The van der Waals surface area contributed by atoms with Gasteiger partial charge in [-0.25, -0.2) is 0 Å². The Hall–Kier alpha value is -0.120. The van der Waals surface area contributed by atoms with Crippen molar-refractivity contribution < 1.29 is 13.2 Å². The van der Waals surface area contributed by atoms with Gasteiger partial charge in [0.25, 0.3) is 0 Å². The molecule has 0 aromatic carbocycles. The Labute approximate surface area is 63.4 Å². The molecule has 0 bridgehead atoms. The van der Waals surface area contributed by atoms with Crippen LogP contribution in [0.3, 0.4) is 0 Å². The van der Waals surface area contributed by atoms with E-state index >= 15 is 0 Å². The fourth-order valence-corrected chi connectivity index (χ4v) is 0.425. The van der Waals surface area contributed by atoms with Crippen LogP contribution in [0.4, 0.5) is 13.2 Å². The first kappa shape index (κ1) is 9.88. The molecule has 0 aliphatic heterocycles. The van der Waals surface area contributed by atoms with Crippen molar-refractivity contribution in [1.29, 1.82) is 0 Å². The molecule has 0 amide bonds. The van der Waals surface area contributed by atoms with Crippen molar-refractivity contribution in [1.82, 2.24) is 0 Å². The predicted molar refractivity (Wildman–Crippen MR) is 38.1 cm³/mol. The van der Waals surface area contributed by atoms with Gasteiger partial charge in [-0.1, -0.05) is 33.0 Å². The number of hydrogen-bond donors (Lipinski definition) is 0. The summed E-state index contributed by atoms with van der Waals surface area (Å²) in [5.41, 5.74) is -0.951. The quantitative estimate of drug-likeness (QED) is 0.503. The van der Waals surface area contributed by atoms with Gasteiger partial charge in [0.05, 0.1) is 0 Å². The minimum Gasteiger partial charge on any atom is -0.166 e. The number of halogens is 3. The van der Waals surface area contributed by atoms with Crippen LogP contribution in [0.25, 0.3) is 0 Å². The molecule has 0 heterocycles. The van der Waals surface area contributed by atoms with E-state index in [0.29, 0.717) is 0 Å². The van der Waals surface area contributed by atoms with Crippen LogP contribution in [-0.2, 0) is 0 Å². The molecule has 0 fully saturated rings. The lowest BCUT2D eigenvalue weighted by atomic mass is 9.92. The van der Waals surface area contributed by atoms with Crippen molar-refractivity contribution in [3.05, 3.63) is 0 Å². The highest BCUT2D eigenvalue weighted by Crippen LogP contribution is 2.29. The predicted octanol–water partition coefficient (Wildman–Crippen LogP) is 2.96. The smallest absolute Gasteiger partial charge is 0.166 e. The van der Waals surface area contributed by atoms with E-state index < -0.39 is 16.5 Å². The minimum absolute atomic E-state index is 0.847. The molecule has 60 valence electrons. The first-order chi connectivity index (χ1) is 4.15. The lowest BCUT2D eigenvalue weighted by Crippen LogP contribution is -2.32. The van der Waals surface area contributed by atoms with Crippen molar-refractivity contribution in [3.63, 3.8) is 0 Å². The van der Waals surface area contributed by atoms with E-state index in [1.54, 1.807) is 0 Å². The van der Waals surface area contributed by atoms with Crippen LogP contribution in [0.2, 0.25) is 0 Å². The van der Waals surface area contributed by atoms with Crippen LogP contribution < -0.4 is 0 Å². The Morgan fingerprint density at radius 3 is 1.40 bits per heavy atom. The summed E-state index contributed by atoms with van der Waals surface area (Å²) in [5, 5.41) is 0. The second kappa shape index (κ2) is 2.49. The van der Waals surface area contributed by atoms with Crippen LogP contribution in [0.1, 0.15) is 20.8 Å². The molecular weight excluding hydrogens is 161 g/mol. The standard InChI is InChI=1S/C6H9F3S/c1-5(2,3)4(10)6(7,8)9/h1-3H3. The molecule has 0 aliphatic rings. The Kier molecular flexibility index (Phi) is 2.46. The Bertz CT molecular complexity index is 124. The molecule has 0 N–H and O–H groups in total. The molecule has 0 unspecified atom stereocenters. The molecule has 0 nitrogen and oxygen atoms in total. The third-order valence-corrected chi connectivity index (χ3v) is 1.78. The summed E-state index contributed by atoms with van der Waals surface area (Å²) in [6.45, 7) is 4.34. The van der Waals surface area contributed by atoms with Gasteiger partial charge in [0.1, 0.15) is 4.86 Å². The van der Waals surface area contributed by atoms with E-state index in [-0.39, 0.29) is 0 Å². The zero-order valence-electron chi connectivity index (χ0n) is 6.04. The number of thiocarbonyl (C=S) groups is 1. The molecule has 0 saturated heterocycles. The van der Waals surface area contributed by atoms with E-state index in [2.05, 4.69) is 12.2 Å². The van der Waals surface area contributed by atoms with Crippen molar-refractivity contribution in [2.45, 2.75) is 26.9 Å². The van der Waals surface area contributed by atoms with Gasteiger partial charge < -0.3 is 0 Å². The maximum atomic E-state index is 11.8. The lowest BCUT2D eigenvalue weighted by molar-refractivity contribution is -0.0622. The van der Waals surface area contributed by atoms with Gasteiger partial charge in [0.2, 0.25) is 0 Å². The van der Waals surface area contributed by atoms with Gasteiger partial charge in [-0.3, -0.25) is 0 Å². The van der Waals surface area contributed by atoms with Gasteiger partial charge in [-0.2, -0.15) is 13.2 Å². The highest BCUT2D eigenvalue weighted by atomic mass is 32.1. The molecule has 4 heteroatoms. The second-order valence-electron chi connectivity index (χ2n) is 3.08. The summed E-state index contributed by atoms with van der Waals surface area (Å²) in [4.78, 5) is -0.847. The van der Waals surface area contributed by atoms with Gasteiger partial charge >= 0.3 is 6.18 Å². The average Bonchev–Trinajstić information content (AvgIpc) is 1.59. The van der Waals surface area contributed by atoms with E-state index in [1.165, 1.54) is 20.8 Å². The summed E-state index contributed by atoms with van der Waals surface area (Å²) in [7, 11) is 0. The van der Waals surface area contributed by atoms with Crippen LogP contribution in [0.5, 0.6) is 0 Å². The Balaban J connectivity index is 4.40. The van der Waals surface area contributed by atoms with Gasteiger partial charge in [-0.05, 0) is 0 Å².